The van der Waals surface area contributed by atoms with Gasteiger partial charge in [-0.15, -0.1) is 0 Å². The van der Waals surface area contributed by atoms with Crippen LogP contribution in [0.15, 0.2) is 0 Å². The van der Waals surface area contributed by atoms with Crippen molar-refractivity contribution in [2.24, 2.45) is 5.73 Å². The molecule has 0 aliphatic heterocycles. The van der Waals surface area contributed by atoms with Crippen LogP contribution in [-0.4, -0.2) is 34.2 Å². The Balaban J connectivity index is 0. The van der Waals surface area contributed by atoms with Crippen LogP contribution in [0, 0.1) is 0 Å². The van der Waals surface area contributed by atoms with Gasteiger partial charge in [0, 0.05) is 12.7 Å². The van der Waals surface area contributed by atoms with Crippen molar-refractivity contribution in [1.29, 1.82) is 0 Å². The molecule has 0 spiro atoms. The maximum absolute atomic E-state index is 10.4. The van der Waals surface area contributed by atoms with Gasteiger partial charge in [-0.1, -0.05) is 39.0 Å². The molecular formula is C10H26NO4P. The lowest BCUT2D eigenvalue weighted by molar-refractivity contribution is 0.306. The molecule has 0 heterocycles. The fourth-order valence-electron chi connectivity index (χ4n) is 1.10. The summed E-state index contributed by atoms with van der Waals surface area (Å²) in [5.41, 5.74) is 4.78. The predicted molar refractivity (Wildman–Crippen MR) is 66.4 cm³/mol. The number of aliphatic hydroxyl groups is 1. The summed E-state index contributed by atoms with van der Waals surface area (Å²) >= 11 is 0. The molecule has 100 valence electrons. The highest BCUT2D eigenvalue weighted by molar-refractivity contribution is 7.51. The van der Waals surface area contributed by atoms with Crippen molar-refractivity contribution >= 4 is 7.60 Å². The lowest BCUT2D eigenvalue weighted by Gasteiger charge is -2.02. The van der Waals surface area contributed by atoms with Crippen LogP contribution in [0.4, 0.5) is 0 Å². The summed E-state index contributed by atoms with van der Waals surface area (Å²) in [5, 5.41) is 7.75. The lowest BCUT2D eigenvalue weighted by atomic mass is 10.1. The van der Waals surface area contributed by atoms with E-state index in [4.69, 9.17) is 20.6 Å². The van der Waals surface area contributed by atoms with Crippen LogP contribution in [-0.2, 0) is 4.57 Å². The monoisotopic (exact) mass is 255 g/mol. The van der Waals surface area contributed by atoms with Crippen molar-refractivity contribution in [3.63, 3.8) is 0 Å². The molecule has 0 aliphatic carbocycles. The normalized spacial score (nSPS) is 10.8. The minimum Gasteiger partial charge on any atom is -0.395 e. The van der Waals surface area contributed by atoms with Crippen LogP contribution >= 0.6 is 7.60 Å². The van der Waals surface area contributed by atoms with Gasteiger partial charge in [0.2, 0.25) is 0 Å². The van der Waals surface area contributed by atoms with Crippen molar-refractivity contribution in [1.82, 2.24) is 0 Å². The third-order valence-electron chi connectivity index (χ3n) is 1.93. The first-order valence-corrected chi connectivity index (χ1v) is 7.63. The van der Waals surface area contributed by atoms with E-state index in [2.05, 4.69) is 6.92 Å². The number of aliphatic hydroxyl groups excluding tert-OH is 1. The number of hydrogen-bond acceptors (Lipinski definition) is 3. The second-order valence-electron chi connectivity index (χ2n) is 3.67. The molecule has 0 atom stereocenters. The Hall–Kier alpha value is 0.0700. The van der Waals surface area contributed by atoms with Crippen LogP contribution in [0.5, 0.6) is 0 Å². The van der Waals surface area contributed by atoms with Gasteiger partial charge in [-0.25, -0.2) is 0 Å². The first-order valence-electron chi connectivity index (χ1n) is 5.83. The molecule has 0 radical (unpaired) electrons. The minimum atomic E-state index is -3.72. The van der Waals surface area contributed by atoms with Gasteiger partial charge in [-0.2, -0.15) is 0 Å². The molecule has 0 saturated heterocycles. The summed E-state index contributed by atoms with van der Waals surface area (Å²) < 4.78 is 10.4. The largest absolute Gasteiger partial charge is 0.395 e. The van der Waals surface area contributed by atoms with Gasteiger partial charge >= 0.3 is 7.60 Å². The molecule has 16 heavy (non-hydrogen) atoms. The molecule has 0 aromatic rings. The molecule has 5 N–H and O–H groups in total. The van der Waals surface area contributed by atoms with E-state index in [0.717, 1.165) is 12.8 Å². The number of hydrogen-bond donors (Lipinski definition) is 4. The Bertz CT molecular complexity index is 170. The van der Waals surface area contributed by atoms with Crippen molar-refractivity contribution < 1.29 is 19.5 Å². The molecule has 0 unspecified atom stereocenters. The van der Waals surface area contributed by atoms with Crippen molar-refractivity contribution in [2.75, 3.05) is 19.3 Å². The Morgan fingerprint density at radius 3 is 1.88 bits per heavy atom. The molecule has 0 aromatic carbocycles. The van der Waals surface area contributed by atoms with Gasteiger partial charge in [0.05, 0.1) is 6.61 Å². The standard InChI is InChI=1S/C8H19O3P.C2H7NO/c1-2-3-4-5-6-7-8-12(9,10)11;3-1-2-4/h2-8H2,1H3,(H2,9,10,11);4H,1-3H2. The van der Waals surface area contributed by atoms with E-state index < -0.39 is 7.60 Å². The Morgan fingerprint density at radius 2 is 1.50 bits per heavy atom. The van der Waals surface area contributed by atoms with E-state index in [9.17, 15) is 4.57 Å². The Kier molecular flexibility index (Phi) is 15.1. The van der Waals surface area contributed by atoms with Crippen LogP contribution in [0.25, 0.3) is 0 Å². The average molecular weight is 255 g/mol. The van der Waals surface area contributed by atoms with E-state index in [-0.39, 0.29) is 12.8 Å². The van der Waals surface area contributed by atoms with Gasteiger partial charge in [0.25, 0.3) is 0 Å². The van der Waals surface area contributed by atoms with Crippen molar-refractivity contribution in [2.45, 2.75) is 45.4 Å². The van der Waals surface area contributed by atoms with Crippen LogP contribution < -0.4 is 5.73 Å². The molecule has 0 rings (SSSR count). The summed E-state index contributed by atoms with van der Waals surface area (Å²) in [6.45, 7) is 2.62. The fraction of sp³-hybridized carbons (Fsp3) is 1.00. The lowest BCUT2D eigenvalue weighted by Crippen LogP contribution is -2.02. The maximum atomic E-state index is 10.4. The maximum Gasteiger partial charge on any atom is 0.325 e. The molecular weight excluding hydrogens is 229 g/mol. The third kappa shape index (κ3) is 23.7. The van der Waals surface area contributed by atoms with Gasteiger partial charge in [0.15, 0.2) is 0 Å². The molecule has 5 nitrogen and oxygen atoms in total. The van der Waals surface area contributed by atoms with Gasteiger partial charge < -0.3 is 20.6 Å². The van der Waals surface area contributed by atoms with Gasteiger partial charge in [-0.05, 0) is 6.42 Å². The van der Waals surface area contributed by atoms with Crippen LogP contribution in [0.2, 0.25) is 0 Å². The molecule has 0 saturated carbocycles. The fourth-order valence-corrected chi connectivity index (χ4v) is 1.73. The van der Waals surface area contributed by atoms with E-state index in [1.165, 1.54) is 19.3 Å². The molecule has 0 bridgehead atoms. The topological polar surface area (TPSA) is 104 Å². The summed E-state index contributed by atoms with van der Waals surface area (Å²) in [4.78, 5) is 17.1. The number of nitrogens with two attached hydrogens (primary N) is 1. The molecule has 6 heteroatoms. The Labute approximate surface area is 98.2 Å². The summed E-state index contributed by atoms with van der Waals surface area (Å²) in [7, 11) is -3.72. The zero-order valence-electron chi connectivity index (χ0n) is 10.1. The van der Waals surface area contributed by atoms with Crippen molar-refractivity contribution in [3.05, 3.63) is 0 Å². The van der Waals surface area contributed by atoms with Gasteiger partial charge in [0.1, 0.15) is 0 Å². The molecule has 0 aliphatic rings. The summed E-state index contributed by atoms with van der Waals surface area (Å²) in [6, 6.07) is 0. The SMILES string of the molecule is CCCCCCCCP(=O)(O)O.NCCO. The first kappa shape index (κ1) is 18.4. The van der Waals surface area contributed by atoms with Crippen LogP contribution in [0.3, 0.4) is 0 Å². The quantitative estimate of drug-likeness (QED) is 0.388. The zero-order chi connectivity index (χ0) is 12.9. The summed E-state index contributed by atoms with van der Waals surface area (Å²) in [6.07, 6.45) is 6.40. The average Bonchev–Trinajstić information content (AvgIpc) is 2.22. The Morgan fingerprint density at radius 1 is 1.06 bits per heavy atom. The highest BCUT2D eigenvalue weighted by Gasteiger charge is 2.10. The zero-order valence-corrected chi connectivity index (χ0v) is 11.0. The number of unbranched alkanes of at least 4 members (excludes halogenated alkanes) is 5. The van der Waals surface area contributed by atoms with E-state index in [0.29, 0.717) is 13.0 Å². The summed E-state index contributed by atoms with van der Waals surface area (Å²) in [5.74, 6) is 0. The molecule has 0 fully saturated rings. The van der Waals surface area contributed by atoms with Crippen molar-refractivity contribution in [3.8, 4) is 0 Å². The van der Waals surface area contributed by atoms with Crippen LogP contribution in [0.1, 0.15) is 45.4 Å². The first-order chi connectivity index (χ1) is 7.47. The minimum absolute atomic E-state index is 0.0547. The van der Waals surface area contributed by atoms with Gasteiger partial charge in [-0.3, -0.25) is 4.57 Å². The smallest absolute Gasteiger partial charge is 0.325 e. The highest BCUT2D eigenvalue weighted by Crippen LogP contribution is 2.35. The third-order valence-corrected chi connectivity index (χ3v) is 2.83. The second kappa shape index (κ2) is 13.1. The number of rotatable bonds is 8. The second-order valence-corrected chi connectivity index (χ2v) is 5.44. The predicted octanol–water partition coefficient (Wildman–Crippen LogP) is 1.46. The highest BCUT2D eigenvalue weighted by atomic mass is 31.2. The molecule has 0 aromatic heterocycles. The molecule has 0 amide bonds. The van der Waals surface area contributed by atoms with E-state index in [1.54, 1.807) is 0 Å². The van der Waals surface area contributed by atoms with E-state index in [1.807, 2.05) is 0 Å². The van der Waals surface area contributed by atoms with E-state index >= 15 is 0 Å².